The van der Waals surface area contributed by atoms with Crippen LogP contribution in [0.2, 0.25) is 0 Å². The standard InChI is InChI=1S/C19H18F9NO4/c20-17(21,22)14(18(23,24)25)32-15(30)29-6-4-16(5-7-29)9-12(10-31-16)11-2-1-3-13(8-11)33-19(26,27)28/h1-3,8,12,14H,4-7,9-10H2. The zero-order valence-electron chi connectivity index (χ0n) is 16.7. The summed E-state index contributed by atoms with van der Waals surface area (Å²) in [5, 5.41) is 0. The van der Waals surface area contributed by atoms with Crippen molar-refractivity contribution in [3.05, 3.63) is 29.8 Å². The van der Waals surface area contributed by atoms with Crippen LogP contribution < -0.4 is 4.74 Å². The van der Waals surface area contributed by atoms with E-state index in [-0.39, 0.29) is 38.5 Å². The van der Waals surface area contributed by atoms with E-state index in [1.807, 2.05) is 0 Å². The zero-order chi connectivity index (χ0) is 24.7. The van der Waals surface area contributed by atoms with Crippen molar-refractivity contribution in [2.24, 2.45) is 0 Å². The molecule has 14 heteroatoms. The third-order valence-corrected chi connectivity index (χ3v) is 5.52. The highest BCUT2D eigenvalue weighted by molar-refractivity contribution is 5.68. The number of likely N-dealkylation sites (tertiary alicyclic amines) is 1. The number of halogens is 9. The lowest BCUT2D eigenvalue weighted by Crippen LogP contribution is -2.51. The molecule has 2 aliphatic heterocycles. The van der Waals surface area contributed by atoms with Gasteiger partial charge in [0.15, 0.2) is 0 Å². The molecule has 0 saturated carbocycles. The molecular weight excluding hydrogens is 477 g/mol. The number of ether oxygens (including phenoxy) is 3. The number of carbonyl (C=O) groups is 1. The van der Waals surface area contributed by atoms with Gasteiger partial charge in [-0.3, -0.25) is 0 Å². The van der Waals surface area contributed by atoms with Gasteiger partial charge in [-0.1, -0.05) is 12.1 Å². The van der Waals surface area contributed by atoms with Gasteiger partial charge in [0.2, 0.25) is 0 Å². The molecule has 5 nitrogen and oxygen atoms in total. The number of piperidine rings is 1. The average molecular weight is 495 g/mol. The van der Waals surface area contributed by atoms with Crippen LogP contribution in [-0.4, -0.2) is 61.1 Å². The Morgan fingerprint density at radius 2 is 1.64 bits per heavy atom. The smallest absolute Gasteiger partial charge is 0.426 e. The molecule has 1 aromatic rings. The summed E-state index contributed by atoms with van der Waals surface area (Å²) in [7, 11) is 0. The zero-order valence-corrected chi connectivity index (χ0v) is 16.7. The van der Waals surface area contributed by atoms with E-state index in [1.165, 1.54) is 12.1 Å². The SMILES string of the molecule is O=C(OC(C(F)(F)F)C(F)(F)F)N1CCC2(CC1)CC(c1cccc(OC(F)(F)F)c1)CO2. The van der Waals surface area contributed by atoms with Gasteiger partial charge in [0, 0.05) is 19.0 Å². The van der Waals surface area contributed by atoms with Crippen LogP contribution in [0.5, 0.6) is 5.75 Å². The molecule has 0 N–H and O–H groups in total. The van der Waals surface area contributed by atoms with Crippen molar-refractivity contribution in [2.75, 3.05) is 19.7 Å². The molecule has 0 aliphatic carbocycles. The Kier molecular flexibility index (Phi) is 6.70. The molecule has 2 fully saturated rings. The Labute approximate surface area is 181 Å². The summed E-state index contributed by atoms with van der Waals surface area (Å²) in [6.45, 7) is -0.263. The van der Waals surface area contributed by atoms with E-state index in [4.69, 9.17) is 4.74 Å². The molecule has 1 atom stereocenters. The number of alkyl halides is 9. The molecule has 3 rings (SSSR count). The van der Waals surface area contributed by atoms with Crippen molar-refractivity contribution in [3.8, 4) is 5.75 Å². The summed E-state index contributed by atoms with van der Waals surface area (Å²) in [5.41, 5.74) is -0.288. The van der Waals surface area contributed by atoms with Gasteiger partial charge < -0.3 is 19.1 Å². The number of hydrogen-bond donors (Lipinski definition) is 0. The van der Waals surface area contributed by atoms with Crippen LogP contribution in [0, 0.1) is 0 Å². The van der Waals surface area contributed by atoms with Gasteiger partial charge in [0.25, 0.3) is 6.10 Å². The highest BCUT2D eigenvalue weighted by Crippen LogP contribution is 2.44. The van der Waals surface area contributed by atoms with Gasteiger partial charge >= 0.3 is 24.8 Å². The lowest BCUT2D eigenvalue weighted by atomic mass is 9.83. The van der Waals surface area contributed by atoms with Gasteiger partial charge in [0.05, 0.1) is 12.2 Å². The maximum Gasteiger partial charge on any atom is 0.573 e. The first-order chi connectivity index (χ1) is 15.1. The maximum atomic E-state index is 12.6. The quantitative estimate of drug-likeness (QED) is 0.516. The fourth-order valence-electron chi connectivity index (χ4n) is 3.96. The van der Waals surface area contributed by atoms with E-state index in [9.17, 15) is 44.3 Å². The van der Waals surface area contributed by atoms with Crippen LogP contribution in [-0.2, 0) is 9.47 Å². The number of carbonyl (C=O) groups excluding carboxylic acids is 1. The van der Waals surface area contributed by atoms with Gasteiger partial charge in [-0.2, -0.15) is 26.3 Å². The predicted octanol–water partition coefficient (Wildman–Crippen LogP) is 5.55. The van der Waals surface area contributed by atoms with Crippen molar-refractivity contribution in [2.45, 2.75) is 55.6 Å². The van der Waals surface area contributed by atoms with E-state index in [0.29, 0.717) is 12.0 Å². The van der Waals surface area contributed by atoms with Crippen LogP contribution >= 0.6 is 0 Å². The Morgan fingerprint density at radius 1 is 1.03 bits per heavy atom. The molecule has 1 amide bonds. The highest BCUT2D eigenvalue weighted by Gasteiger charge is 2.60. The van der Waals surface area contributed by atoms with Crippen LogP contribution in [0.1, 0.15) is 30.7 Å². The number of benzene rings is 1. The molecule has 1 unspecified atom stereocenters. The third-order valence-electron chi connectivity index (χ3n) is 5.52. The topological polar surface area (TPSA) is 48.0 Å². The van der Waals surface area contributed by atoms with Crippen molar-refractivity contribution >= 4 is 6.09 Å². The Morgan fingerprint density at radius 3 is 2.18 bits per heavy atom. The van der Waals surface area contributed by atoms with Gasteiger partial charge in [-0.15, -0.1) is 13.2 Å². The minimum atomic E-state index is -5.81. The first kappa shape index (κ1) is 25.2. The normalized spacial score (nSPS) is 21.5. The minimum absolute atomic E-state index is 0.111. The molecule has 0 bridgehead atoms. The summed E-state index contributed by atoms with van der Waals surface area (Å²) in [6, 6.07) is 5.35. The van der Waals surface area contributed by atoms with Crippen molar-refractivity contribution in [1.29, 1.82) is 0 Å². The van der Waals surface area contributed by atoms with E-state index in [0.717, 1.165) is 11.0 Å². The average Bonchev–Trinajstić information content (AvgIpc) is 3.07. The first-order valence-corrected chi connectivity index (χ1v) is 9.67. The number of amides is 1. The molecule has 2 aliphatic rings. The number of rotatable bonds is 3. The second kappa shape index (κ2) is 8.76. The van der Waals surface area contributed by atoms with E-state index in [2.05, 4.69) is 9.47 Å². The molecule has 0 radical (unpaired) electrons. The summed E-state index contributed by atoms with van der Waals surface area (Å²) in [4.78, 5) is 12.6. The van der Waals surface area contributed by atoms with Gasteiger partial charge in [0.1, 0.15) is 5.75 Å². The third kappa shape index (κ3) is 6.36. The Balaban J connectivity index is 1.59. The van der Waals surface area contributed by atoms with Gasteiger partial charge in [-0.25, -0.2) is 4.79 Å². The molecule has 1 spiro atoms. The lowest BCUT2D eigenvalue weighted by Gasteiger charge is -2.38. The second-order valence-electron chi connectivity index (χ2n) is 7.85. The van der Waals surface area contributed by atoms with E-state index in [1.54, 1.807) is 6.07 Å². The largest absolute Gasteiger partial charge is 0.573 e. The predicted molar refractivity (Wildman–Crippen MR) is 92.4 cm³/mol. The fourth-order valence-corrected chi connectivity index (χ4v) is 3.96. The Hall–Kier alpha value is -2.38. The van der Waals surface area contributed by atoms with Crippen molar-refractivity contribution < 1.29 is 58.5 Å². The summed E-state index contributed by atoms with van der Waals surface area (Å²) in [5.74, 6) is -0.706. The Bertz CT molecular complexity index is 831. The first-order valence-electron chi connectivity index (χ1n) is 9.67. The highest BCUT2D eigenvalue weighted by atomic mass is 19.4. The van der Waals surface area contributed by atoms with Crippen LogP contribution in [0.4, 0.5) is 44.3 Å². The fraction of sp³-hybridized carbons (Fsp3) is 0.632. The molecule has 186 valence electrons. The van der Waals surface area contributed by atoms with Crippen molar-refractivity contribution in [3.63, 3.8) is 0 Å². The molecule has 2 heterocycles. The van der Waals surface area contributed by atoms with Crippen LogP contribution in [0.15, 0.2) is 24.3 Å². The van der Waals surface area contributed by atoms with Gasteiger partial charge in [-0.05, 0) is 37.0 Å². The summed E-state index contributed by atoms with van der Waals surface area (Å²) >= 11 is 0. The van der Waals surface area contributed by atoms with Crippen LogP contribution in [0.3, 0.4) is 0 Å². The minimum Gasteiger partial charge on any atom is -0.426 e. The number of nitrogens with zero attached hydrogens (tertiary/aromatic N) is 1. The second-order valence-corrected chi connectivity index (χ2v) is 7.85. The molecule has 33 heavy (non-hydrogen) atoms. The molecule has 0 aromatic heterocycles. The lowest BCUT2D eigenvalue weighted by molar-refractivity contribution is -0.308. The monoisotopic (exact) mass is 495 g/mol. The maximum absolute atomic E-state index is 12.6. The molecular formula is C19H18F9NO4. The summed E-state index contributed by atoms with van der Waals surface area (Å²) in [6.07, 6.45) is -21.9. The van der Waals surface area contributed by atoms with Crippen LogP contribution in [0.25, 0.3) is 0 Å². The van der Waals surface area contributed by atoms with Crippen molar-refractivity contribution in [1.82, 2.24) is 4.90 Å². The van der Waals surface area contributed by atoms with E-state index < -0.39 is 42.3 Å². The van der Waals surface area contributed by atoms with E-state index >= 15 is 0 Å². The number of hydrogen-bond acceptors (Lipinski definition) is 4. The molecule has 2 saturated heterocycles. The molecule has 1 aromatic carbocycles. The summed E-state index contributed by atoms with van der Waals surface area (Å²) < 4.78 is 126.